The maximum Gasteiger partial charge on any atom is 0.319 e. The van der Waals surface area contributed by atoms with Gasteiger partial charge in [-0.2, -0.15) is 0 Å². The molecule has 6 nitrogen and oxygen atoms in total. The Morgan fingerprint density at radius 3 is 2.65 bits per heavy atom. The number of nitrogens with one attached hydrogen (secondary N) is 1. The standard InChI is InChI=1S/C20H29N3O3/c1-22(2)19(25)23-12-6-7-16(13-23)18(24)21-14-20(10-11-20)15-26-17-8-4-3-5-9-17/h3-5,8-9,16H,6-7,10-15H2,1-2H3,(H,21,24). The summed E-state index contributed by atoms with van der Waals surface area (Å²) in [4.78, 5) is 28.0. The van der Waals surface area contributed by atoms with E-state index in [-0.39, 0.29) is 23.3 Å². The van der Waals surface area contributed by atoms with E-state index in [1.807, 2.05) is 30.3 Å². The van der Waals surface area contributed by atoms with Gasteiger partial charge in [-0.15, -0.1) is 0 Å². The topological polar surface area (TPSA) is 61.9 Å². The number of likely N-dealkylation sites (tertiary alicyclic amines) is 1. The van der Waals surface area contributed by atoms with Crippen LogP contribution >= 0.6 is 0 Å². The van der Waals surface area contributed by atoms with Gasteiger partial charge in [0.1, 0.15) is 5.75 Å². The Hall–Kier alpha value is -2.24. The zero-order valence-corrected chi connectivity index (χ0v) is 15.7. The highest BCUT2D eigenvalue weighted by Crippen LogP contribution is 2.45. The minimum atomic E-state index is -0.113. The highest BCUT2D eigenvalue weighted by molar-refractivity contribution is 5.80. The zero-order chi connectivity index (χ0) is 18.6. The first kappa shape index (κ1) is 18.5. The quantitative estimate of drug-likeness (QED) is 0.848. The normalized spacial score (nSPS) is 21.0. The van der Waals surface area contributed by atoms with Crippen molar-refractivity contribution >= 4 is 11.9 Å². The molecular formula is C20H29N3O3. The average Bonchev–Trinajstić information content (AvgIpc) is 3.45. The van der Waals surface area contributed by atoms with Crippen molar-refractivity contribution in [3.8, 4) is 5.75 Å². The summed E-state index contributed by atoms with van der Waals surface area (Å²) in [6.07, 6.45) is 3.88. The lowest BCUT2D eigenvalue weighted by atomic mass is 9.97. The molecule has 142 valence electrons. The van der Waals surface area contributed by atoms with E-state index in [9.17, 15) is 9.59 Å². The van der Waals surface area contributed by atoms with E-state index in [4.69, 9.17) is 4.74 Å². The number of rotatable bonds is 6. The number of carbonyl (C=O) groups is 2. The van der Waals surface area contributed by atoms with E-state index in [0.29, 0.717) is 19.7 Å². The first-order valence-electron chi connectivity index (χ1n) is 9.41. The van der Waals surface area contributed by atoms with Crippen LogP contribution in [0.3, 0.4) is 0 Å². The van der Waals surface area contributed by atoms with Crippen LogP contribution in [0, 0.1) is 11.3 Å². The summed E-state index contributed by atoms with van der Waals surface area (Å²) in [5.74, 6) is 0.820. The van der Waals surface area contributed by atoms with Crippen LogP contribution in [0.15, 0.2) is 30.3 Å². The first-order valence-corrected chi connectivity index (χ1v) is 9.41. The smallest absolute Gasteiger partial charge is 0.319 e. The Bertz CT molecular complexity index is 628. The average molecular weight is 359 g/mol. The molecule has 1 N–H and O–H groups in total. The van der Waals surface area contributed by atoms with Gasteiger partial charge in [0.25, 0.3) is 0 Å². The summed E-state index contributed by atoms with van der Waals surface area (Å²) in [6.45, 7) is 2.52. The highest BCUT2D eigenvalue weighted by atomic mass is 16.5. The molecule has 2 fully saturated rings. The second kappa shape index (κ2) is 7.98. The fourth-order valence-corrected chi connectivity index (χ4v) is 3.37. The Morgan fingerprint density at radius 2 is 2.00 bits per heavy atom. The van der Waals surface area contributed by atoms with Crippen LogP contribution in [0.25, 0.3) is 0 Å². The Balaban J connectivity index is 1.45. The van der Waals surface area contributed by atoms with Crippen molar-refractivity contribution in [1.82, 2.24) is 15.1 Å². The SMILES string of the molecule is CN(C)C(=O)N1CCCC(C(=O)NCC2(COc3ccccc3)CC2)C1. The third kappa shape index (κ3) is 4.68. The van der Waals surface area contributed by atoms with E-state index < -0.39 is 0 Å². The number of hydrogen-bond donors (Lipinski definition) is 1. The van der Waals surface area contributed by atoms with Crippen molar-refractivity contribution in [1.29, 1.82) is 0 Å². The fraction of sp³-hybridized carbons (Fsp3) is 0.600. The van der Waals surface area contributed by atoms with Crippen molar-refractivity contribution < 1.29 is 14.3 Å². The zero-order valence-electron chi connectivity index (χ0n) is 15.7. The molecule has 1 atom stereocenters. The summed E-state index contributed by atoms with van der Waals surface area (Å²) in [5, 5.41) is 3.11. The fourth-order valence-electron chi connectivity index (χ4n) is 3.37. The van der Waals surface area contributed by atoms with Crippen molar-refractivity contribution in [2.45, 2.75) is 25.7 Å². The number of ether oxygens (including phenoxy) is 1. The van der Waals surface area contributed by atoms with Crippen LogP contribution in [0.2, 0.25) is 0 Å². The second-order valence-corrected chi connectivity index (χ2v) is 7.78. The molecule has 1 unspecified atom stereocenters. The molecule has 26 heavy (non-hydrogen) atoms. The molecule has 1 saturated heterocycles. The summed E-state index contributed by atoms with van der Waals surface area (Å²) < 4.78 is 5.88. The molecule has 2 aliphatic rings. The van der Waals surface area contributed by atoms with Gasteiger partial charge < -0.3 is 19.9 Å². The van der Waals surface area contributed by atoms with Crippen LogP contribution < -0.4 is 10.1 Å². The molecule has 1 aliphatic heterocycles. The van der Waals surface area contributed by atoms with Gasteiger partial charge in [0.05, 0.1) is 12.5 Å². The van der Waals surface area contributed by atoms with Gasteiger partial charge in [0.2, 0.25) is 5.91 Å². The molecule has 1 aliphatic carbocycles. The molecule has 3 amide bonds. The number of amides is 3. The van der Waals surface area contributed by atoms with Crippen LogP contribution in [-0.2, 0) is 4.79 Å². The summed E-state index contributed by atoms with van der Waals surface area (Å²) in [7, 11) is 3.49. The minimum absolute atomic E-state index is 0.0163. The van der Waals surface area contributed by atoms with E-state index in [2.05, 4.69) is 5.32 Å². The number of benzene rings is 1. The van der Waals surface area contributed by atoms with Crippen LogP contribution in [0.1, 0.15) is 25.7 Å². The predicted octanol–water partition coefficient (Wildman–Crippen LogP) is 2.36. The van der Waals surface area contributed by atoms with Crippen molar-refractivity contribution in [2.24, 2.45) is 11.3 Å². The number of hydrogen-bond acceptors (Lipinski definition) is 3. The Kier molecular flexibility index (Phi) is 5.69. The predicted molar refractivity (Wildman–Crippen MR) is 100.0 cm³/mol. The van der Waals surface area contributed by atoms with E-state index in [1.54, 1.807) is 23.9 Å². The maximum absolute atomic E-state index is 12.6. The molecule has 3 rings (SSSR count). The van der Waals surface area contributed by atoms with Gasteiger partial charge in [0.15, 0.2) is 0 Å². The molecule has 6 heteroatoms. The van der Waals surface area contributed by atoms with Gasteiger partial charge >= 0.3 is 6.03 Å². The molecule has 0 spiro atoms. The molecule has 1 saturated carbocycles. The number of carbonyl (C=O) groups excluding carboxylic acids is 2. The van der Waals surface area contributed by atoms with Gasteiger partial charge in [-0.3, -0.25) is 4.79 Å². The number of para-hydroxylation sites is 1. The summed E-state index contributed by atoms with van der Waals surface area (Å²) in [5.41, 5.74) is 0.0688. The van der Waals surface area contributed by atoms with Crippen molar-refractivity contribution in [3.63, 3.8) is 0 Å². The monoisotopic (exact) mass is 359 g/mol. The third-order valence-electron chi connectivity index (χ3n) is 5.33. The molecule has 0 aromatic heterocycles. The summed E-state index contributed by atoms with van der Waals surface area (Å²) in [6, 6.07) is 9.77. The molecule has 1 aromatic rings. The lowest BCUT2D eigenvalue weighted by Crippen LogP contribution is -2.49. The molecule has 1 aromatic carbocycles. The van der Waals surface area contributed by atoms with Crippen molar-refractivity contribution in [3.05, 3.63) is 30.3 Å². The molecule has 1 heterocycles. The number of piperidine rings is 1. The van der Waals surface area contributed by atoms with Gasteiger partial charge in [0, 0.05) is 39.1 Å². The Morgan fingerprint density at radius 1 is 1.27 bits per heavy atom. The second-order valence-electron chi connectivity index (χ2n) is 7.78. The van der Waals surface area contributed by atoms with Gasteiger partial charge in [-0.25, -0.2) is 4.79 Å². The Labute approximate surface area is 155 Å². The third-order valence-corrected chi connectivity index (χ3v) is 5.33. The van der Waals surface area contributed by atoms with E-state index in [0.717, 1.165) is 38.0 Å². The van der Waals surface area contributed by atoms with Crippen LogP contribution in [0.5, 0.6) is 5.75 Å². The minimum Gasteiger partial charge on any atom is -0.493 e. The van der Waals surface area contributed by atoms with Crippen molar-refractivity contribution in [2.75, 3.05) is 40.3 Å². The summed E-state index contributed by atoms with van der Waals surface area (Å²) >= 11 is 0. The van der Waals surface area contributed by atoms with Crippen LogP contribution in [0.4, 0.5) is 4.79 Å². The van der Waals surface area contributed by atoms with Gasteiger partial charge in [-0.05, 0) is 37.8 Å². The maximum atomic E-state index is 12.6. The molecule has 0 radical (unpaired) electrons. The number of nitrogens with zero attached hydrogens (tertiary/aromatic N) is 2. The van der Waals surface area contributed by atoms with E-state index in [1.165, 1.54) is 0 Å². The molecule has 0 bridgehead atoms. The lowest BCUT2D eigenvalue weighted by Gasteiger charge is -2.34. The first-order chi connectivity index (χ1) is 12.5. The molecular weight excluding hydrogens is 330 g/mol. The highest BCUT2D eigenvalue weighted by Gasteiger charge is 2.44. The van der Waals surface area contributed by atoms with Gasteiger partial charge in [-0.1, -0.05) is 18.2 Å². The number of urea groups is 1. The van der Waals surface area contributed by atoms with Crippen LogP contribution in [-0.4, -0.2) is 62.1 Å². The largest absolute Gasteiger partial charge is 0.493 e. The van der Waals surface area contributed by atoms with E-state index >= 15 is 0 Å². The lowest BCUT2D eigenvalue weighted by molar-refractivity contribution is -0.126.